The number of carbonyl (C=O) groups is 2. The monoisotopic (exact) mass is 483 g/mol. The molecule has 1 aliphatic heterocycles. The zero-order valence-electron chi connectivity index (χ0n) is 18.8. The summed E-state index contributed by atoms with van der Waals surface area (Å²) < 4.78 is 61.6. The van der Waals surface area contributed by atoms with Crippen LogP contribution in [0.3, 0.4) is 0 Å². The molecule has 178 valence electrons. The summed E-state index contributed by atoms with van der Waals surface area (Å²) in [6, 6.07) is 4.60. The lowest BCUT2D eigenvalue weighted by molar-refractivity contribution is -0.123. The highest BCUT2D eigenvalue weighted by Crippen LogP contribution is 2.36. The highest BCUT2D eigenvalue weighted by molar-refractivity contribution is 7.92. The lowest BCUT2D eigenvalue weighted by Crippen LogP contribution is -2.44. The van der Waals surface area contributed by atoms with E-state index >= 15 is 0 Å². The van der Waals surface area contributed by atoms with Crippen molar-refractivity contribution in [2.24, 2.45) is 0 Å². The highest BCUT2D eigenvalue weighted by atomic mass is 32.2. The number of carbonyl (C=O) groups excluding carboxylic acids is 2. The van der Waals surface area contributed by atoms with Crippen molar-refractivity contribution in [3.05, 3.63) is 53.9 Å². The second-order valence-electron chi connectivity index (χ2n) is 9.29. The summed E-state index contributed by atoms with van der Waals surface area (Å²) in [5.41, 5.74) is -5.28. The molecular weight excluding hydrogens is 459 g/mol. The van der Waals surface area contributed by atoms with Crippen molar-refractivity contribution in [2.45, 2.75) is 62.5 Å². The fourth-order valence-electron chi connectivity index (χ4n) is 3.64. The number of rotatable bonds is 4. The Labute approximate surface area is 190 Å². The van der Waals surface area contributed by atoms with Gasteiger partial charge < -0.3 is 4.90 Å². The standard InChI is InChI=1S/C22H24F3N3O4S/c1-20(2,3)17-12-26-11-10-14(17)13-27-19(30)28(18(29)21(27,4)5)15-6-8-16(9-7-15)33(31,32)22(23,24)25/h6-12H,13H2,1-5H3. The Hall–Kier alpha value is -2.95. The van der Waals surface area contributed by atoms with Crippen LogP contribution in [0.25, 0.3) is 0 Å². The maximum atomic E-state index is 13.3. The first-order chi connectivity index (χ1) is 15.0. The van der Waals surface area contributed by atoms with Crippen molar-refractivity contribution in [2.75, 3.05) is 4.90 Å². The molecule has 33 heavy (non-hydrogen) atoms. The molecule has 2 heterocycles. The number of hydrogen-bond donors (Lipinski definition) is 0. The average Bonchev–Trinajstić information content (AvgIpc) is 2.86. The van der Waals surface area contributed by atoms with Crippen LogP contribution in [0.5, 0.6) is 0 Å². The fourth-order valence-corrected chi connectivity index (χ4v) is 4.41. The number of hydrogen-bond acceptors (Lipinski definition) is 5. The molecule has 1 saturated heterocycles. The molecule has 2 aromatic rings. The average molecular weight is 484 g/mol. The molecule has 0 atom stereocenters. The lowest BCUT2D eigenvalue weighted by atomic mass is 9.84. The van der Waals surface area contributed by atoms with E-state index in [0.29, 0.717) is 0 Å². The number of halogens is 3. The summed E-state index contributed by atoms with van der Waals surface area (Å²) in [5, 5.41) is 0. The molecule has 1 aromatic heterocycles. The number of pyridine rings is 1. The third-order valence-corrected chi connectivity index (χ3v) is 7.08. The van der Waals surface area contributed by atoms with Gasteiger partial charge in [0.05, 0.1) is 10.6 Å². The molecule has 0 bridgehead atoms. The van der Waals surface area contributed by atoms with Crippen LogP contribution in [-0.2, 0) is 26.6 Å². The Morgan fingerprint density at radius 3 is 2.09 bits per heavy atom. The molecule has 0 radical (unpaired) electrons. The van der Waals surface area contributed by atoms with Gasteiger partial charge in [-0.15, -0.1) is 0 Å². The van der Waals surface area contributed by atoms with Gasteiger partial charge in [0.1, 0.15) is 5.54 Å². The van der Waals surface area contributed by atoms with Crippen LogP contribution in [-0.4, -0.2) is 41.3 Å². The number of aromatic nitrogens is 1. The van der Waals surface area contributed by atoms with Crippen LogP contribution >= 0.6 is 0 Å². The molecule has 1 aromatic carbocycles. The highest BCUT2D eigenvalue weighted by Gasteiger charge is 2.52. The number of imide groups is 1. The minimum atomic E-state index is -5.54. The maximum absolute atomic E-state index is 13.3. The predicted octanol–water partition coefficient (Wildman–Crippen LogP) is 4.42. The van der Waals surface area contributed by atoms with Crippen LogP contribution < -0.4 is 4.90 Å². The first-order valence-corrected chi connectivity index (χ1v) is 11.5. The molecule has 0 unspecified atom stereocenters. The normalized spacial score (nSPS) is 17.1. The van der Waals surface area contributed by atoms with Gasteiger partial charge >= 0.3 is 11.5 Å². The molecule has 3 amide bonds. The van der Waals surface area contributed by atoms with E-state index < -0.39 is 37.7 Å². The van der Waals surface area contributed by atoms with Gasteiger partial charge in [-0.05, 0) is 60.7 Å². The second kappa shape index (κ2) is 7.82. The van der Waals surface area contributed by atoms with Gasteiger partial charge in [-0.3, -0.25) is 9.78 Å². The summed E-state index contributed by atoms with van der Waals surface area (Å²) in [4.78, 5) is 31.8. The van der Waals surface area contributed by atoms with Gasteiger partial charge in [-0.25, -0.2) is 18.1 Å². The molecule has 0 aliphatic carbocycles. The van der Waals surface area contributed by atoms with E-state index in [1.807, 2.05) is 20.8 Å². The zero-order valence-corrected chi connectivity index (χ0v) is 19.6. The van der Waals surface area contributed by atoms with Crippen molar-refractivity contribution in [1.29, 1.82) is 0 Å². The minimum absolute atomic E-state index is 0.0209. The van der Waals surface area contributed by atoms with Gasteiger partial charge in [0.2, 0.25) is 0 Å². The summed E-state index contributed by atoms with van der Waals surface area (Å²) in [6.45, 7) is 9.26. The zero-order chi connectivity index (χ0) is 25.0. The van der Waals surface area contributed by atoms with Crippen LogP contribution in [0, 0.1) is 0 Å². The summed E-state index contributed by atoms with van der Waals surface area (Å²) >= 11 is 0. The maximum Gasteiger partial charge on any atom is 0.501 e. The summed E-state index contributed by atoms with van der Waals surface area (Å²) in [6.07, 6.45) is 3.31. The van der Waals surface area contributed by atoms with E-state index in [-0.39, 0.29) is 17.6 Å². The van der Waals surface area contributed by atoms with Crippen LogP contribution in [0.1, 0.15) is 45.7 Å². The largest absolute Gasteiger partial charge is 0.501 e. The van der Waals surface area contributed by atoms with Crippen LogP contribution in [0.2, 0.25) is 0 Å². The van der Waals surface area contributed by atoms with E-state index in [1.165, 1.54) is 4.90 Å². The molecule has 0 saturated carbocycles. The molecule has 1 fully saturated rings. The molecule has 0 N–H and O–H groups in total. The Morgan fingerprint density at radius 1 is 1.00 bits per heavy atom. The number of alkyl halides is 3. The number of urea groups is 1. The molecule has 1 aliphatic rings. The van der Waals surface area contributed by atoms with E-state index in [4.69, 9.17) is 0 Å². The molecule has 3 rings (SSSR count). The van der Waals surface area contributed by atoms with Crippen molar-refractivity contribution >= 4 is 27.5 Å². The topological polar surface area (TPSA) is 87.7 Å². The molecule has 0 spiro atoms. The third-order valence-electron chi connectivity index (χ3n) is 5.58. The van der Waals surface area contributed by atoms with Gasteiger partial charge in [0.15, 0.2) is 0 Å². The van der Waals surface area contributed by atoms with Crippen molar-refractivity contribution in [3.8, 4) is 0 Å². The Kier molecular flexibility index (Phi) is 5.85. The van der Waals surface area contributed by atoms with Crippen LogP contribution in [0.15, 0.2) is 47.6 Å². The number of nitrogens with zero attached hydrogens (tertiary/aromatic N) is 3. The number of sulfone groups is 1. The first-order valence-electron chi connectivity index (χ1n) is 10.0. The Morgan fingerprint density at radius 2 is 1.58 bits per heavy atom. The van der Waals surface area contributed by atoms with E-state index in [1.54, 1.807) is 32.3 Å². The van der Waals surface area contributed by atoms with Gasteiger partial charge in [-0.2, -0.15) is 13.2 Å². The quantitative estimate of drug-likeness (QED) is 0.601. The number of benzene rings is 1. The number of anilines is 1. The Balaban J connectivity index is 1.97. The molecule has 7 nitrogen and oxygen atoms in total. The van der Waals surface area contributed by atoms with Gasteiger partial charge in [-0.1, -0.05) is 20.8 Å². The van der Waals surface area contributed by atoms with Crippen molar-refractivity contribution < 1.29 is 31.2 Å². The van der Waals surface area contributed by atoms with Crippen molar-refractivity contribution in [1.82, 2.24) is 9.88 Å². The van der Waals surface area contributed by atoms with Crippen LogP contribution in [0.4, 0.5) is 23.7 Å². The van der Waals surface area contributed by atoms with E-state index in [0.717, 1.165) is 40.3 Å². The second-order valence-corrected chi connectivity index (χ2v) is 11.2. The van der Waals surface area contributed by atoms with E-state index in [2.05, 4.69) is 4.98 Å². The summed E-state index contributed by atoms with van der Waals surface area (Å²) in [7, 11) is -5.54. The fraction of sp³-hybridized carbons (Fsp3) is 0.409. The summed E-state index contributed by atoms with van der Waals surface area (Å²) in [5.74, 6) is -0.578. The van der Waals surface area contributed by atoms with Gasteiger partial charge in [0, 0.05) is 18.9 Å². The lowest BCUT2D eigenvalue weighted by Gasteiger charge is -2.30. The van der Waals surface area contributed by atoms with Gasteiger partial charge in [0.25, 0.3) is 15.7 Å². The SMILES string of the molecule is CC(C)(C)c1cnccc1CN1C(=O)N(c2ccc(S(=O)(=O)C(F)(F)F)cc2)C(=O)C1(C)C. The first kappa shape index (κ1) is 24.7. The molecule has 11 heteroatoms. The van der Waals surface area contributed by atoms with Crippen molar-refractivity contribution in [3.63, 3.8) is 0 Å². The van der Waals surface area contributed by atoms with E-state index in [9.17, 15) is 31.2 Å². The predicted molar refractivity (Wildman–Crippen MR) is 115 cm³/mol. The third kappa shape index (κ3) is 4.21. The Bertz CT molecular complexity index is 1200. The smallest absolute Gasteiger partial charge is 0.305 e. The number of amides is 3. The minimum Gasteiger partial charge on any atom is -0.305 e. The molecular formula is C22H24F3N3O4S.